The summed E-state index contributed by atoms with van der Waals surface area (Å²) in [5, 5.41) is 3.67. The van der Waals surface area contributed by atoms with Gasteiger partial charge in [0.2, 0.25) is 0 Å². The molecule has 2 saturated heterocycles. The summed E-state index contributed by atoms with van der Waals surface area (Å²) in [6, 6.07) is 9.71. The molecule has 0 bridgehead atoms. The van der Waals surface area contributed by atoms with Gasteiger partial charge in [-0.1, -0.05) is 0 Å². The highest BCUT2D eigenvalue weighted by Crippen LogP contribution is 2.24. The molecular weight excluding hydrogens is 240 g/mol. The second kappa shape index (κ2) is 5.87. The van der Waals surface area contributed by atoms with Crippen LogP contribution in [0.4, 0.5) is 11.4 Å². The number of nitrogens with one attached hydrogen (secondary N) is 1. The summed E-state index contributed by atoms with van der Waals surface area (Å²) in [5.41, 5.74) is 2.67. The maximum absolute atomic E-state index is 3.67. The van der Waals surface area contributed by atoms with E-state index in [9.17, 15) is 0 Å². The molecule has 3 rings (SSSR count). The minimum Gasteiger partial charge on any atom is -0.382 e. The van der Waals surface area contributed by atoms with Crippen molar-refractivity contribution in [2.45, 2.75) is 31.7 Å². The Labute approximate surface area is 114 Å². The van der Waals surface area contributed by atoms with E-state index in [0.29, 0.717) is 6.04 Å². The van der Waals surface area contributed by atoms with Gasteiger partial charge >= 0.3 is 0 Å². The van der Waals surface area contributed by atoms with Crippen LogP contribution in [0.5, 0.6) is 0 Å². The lowest BCUT2D eigenvalue weighted by Gasteiger charge is -2.24. The highest BCUT2D eigenvalue weighted by Gasteiger charge is 2.14. The molecule has 1 aromatic carbocycles. The topological polar surface area (TPSA) is 15.3 Å². The molecule has 2 heterocycles. The first-order valence-corrected chi connectivity index (χ1v) is 8.26. The molecule has 3 heteroatoms. The molecule has 1 N–H and O–H groups in total. The summed E-state index contributed by atoms with van der Waals surface area (Å²) < 4.78 is 0. The van der Waals surface area contributed by atoms with Crippen LogP contribution < -0.4 is 10.2 Å². The molecule has 0 spiro atoms. The Morgan fingerprint density at radius 3 is 2.33 bits per heavy atom. The predicted molar refractivity (Wildman–Crippen MR) is 81.9 cm³/mol. The molecule has 2 aliphatic heterocycles. The molecule has 0 atom stereocenters. The lowest BCUT2D eigenvalue weighted by atomic mass is 10.1. The van der Waals surface area contributed by atoms with Gasteiger partial charge in [-0.3, -0.25) is 0 Å². The van der Waals surface area contributed by atoms with Gasteiger partial charge in [0.1, 0.15) is 0 Å². The fraction of sp³-hybridized carbons (Fsp3) is 0.600. The molecule has 0 aliphatic carbocycles. The van der Waals surface area contributed by atoms with E-state index < -0.39 is 0 Å². The SMILES string of the molecule is c1cc(N2CCCC2)ccc1NC1CCSCC1. The Morgan fingerprint density at radius 1 is 1.00 bits per heavy atom. The van der Waals surface area contributed by atoms with Gasteiger partial charge in [-0.2, -0.15) is 11.8 Å². The minimum absolute atomic E-state index is 0.684. The van der Waals surface area contributed by atoms with Gasteiger partial charge in [-0.15, -0.1) is 0 Å². The van der Waals surface area contributed by atoms with Crippen molar-refractivity contribution in [3.8, 4) is 0 Å². The first-order chi connectivity index (χ1) is 8.92. The van der Waals surface area contributed by atoms with Gasteiger partial charge in [0.15, 0.2) is 0 Å². The average Bonchev–Trinajstić information content (AvgIpc) is 2.95. The average molecular weight is 262 g/mol. The molecule has 2 nitrogen and oxygen atoms in total. The number of hydrogen-bond acceptors (Lipinski definition) is 3. The number of rotatable bonds is 3. The van der Waals surface area contributed by atoms with Gasteiger partial charge in [0.25, 0.3) is 0 Å². The Kier molecular flexibility index (Phi) is 3.99. The zero-order chi connectivity index (χ0) is 12.2. The molecule has 0 saturated carbocycles. The summed E-state index contributed by atoms with van der Waals surface area (Å²) in [5.74, 6) is 2.62. The molecule has 0 aromatic heterocycles. The third kappa shape index (κ3) is 2.94. The molecule has 0 amide bonds. The number of nitrogens with zero attached hydrogens (tertiary/aromatic N) is 1. The number of thioether (sulfide) groups is 1. The van der Waals surface area contributed by atoms with Crippen molar-refractivity contribution in [2.75, 3.05) is 34.8 Å². The molecule has 0 radical (unpaired) electrons. The maximum Gasteiger partial charge on any atom is 0.0367 e. The Balaban J connectivity index is 1.59. The van der Waals surface area contributed by atoms with Crippen LogP contribution in [-0.4, -0.2) is 30.6 Å². The van der Waals surface area contributed by atoms with E-state index in [-0.39, 0.29) is 0 Å². The third-order valence-electron chi connectivity index (χ3n) is 3.93. The first-order valence-electron chi connectivity index (χ1n) is 7.11. The van der Waals surface area contributed by atoms with Crippen molar-refractivity contribution in [1.82, 2.24) is 0 Å². The first kappa shape index (κ1) is 12.2. The van der Waals surface area contributed by atoms with Gasteiger partial charge in [-0.25, -0.2) is 0 Å². The summed E-state index contributed by atoms with van der Waals surface area (Å²) in [4.78, 5) is 2.49. The van der Waals surface area contributed by atoms with Gasteiger partial charge in [0.05, 0.1) is 0 Å². The fourth-order valence-corrected chi connectivity index (χ4v) is 3.93. The quantitative estimate of drug-likeness (QED) is 0.896. The summed E-state index contributed by atoms with van der Waals surface area (Å²) in [6.07, 6.45) is 5.30. The zero-order valence-electron chi connectivity index (χ0n) is 10.9. The molecule has 2 aliphatic rings. The minimum atomic E-state index is 0.684. The fourth-order valence-electron chi connectivity index (χ4n) is 2.82. The van der Waals surface area contributed by atoms with Crippen molar-refractivity contribution < 1.29 is 0 Å². The molecule has 18 heavy (non-hydrogen) atoms. The standard InChI is InChI=1S/C15H22N2S/c1-2-10-17(9-1)15-5-3-13(4-6-15)16-14-7-11-18-12-8-14/h3-6,14,16H,1-2,7-12H2. The number of hydrogen-bond donors (Lipinski definition) is 1. The Bertz CT molecular complexity index is 365. The second-order valence-corrected chi connectivity index (χ2v) is 6.50. The van der Waals surface area contributed by atoms with E-state index in [1.165, 1.54) is 61.7 Å². The second-order valence-electron chi connectivity index (χ2n) is 5.27. The lowest BCUT2D eigenvalue weighted by molar-refractivity contribution is 0.667. The van der Waals surface area contributed by atoms with Crippen molar-refractivity contribution in [2.24, 2.45) is 0 Å². The Hall–Kier alpha value is -0.830. The highest BCUT2D eigenvalue weighted by atomic mass is 32.2. The van der Waals surface area contributed by atoms with Crippen molar-refractivity contribution in [3.05, 3.63) is 24.3 Å². The van der Waals surface area contributed by atoms with Crippen LogP contribution in [0.1, 0.15) is 25.7 Å². The monoisotopic (exact) mass is 262 g/mol. The molecule has 2 fully saturated rings. The molecule has 1 aromatic rings. The van der Waals surface area contributed by atoms with E-state index in [1.54, 1.807) is 0 Å². The lowest BCUT2D eigenvalue weighted by Crippen LogP contribution is -2.24. The smallest absolute Gasteiger partial charge is 0.0367 e. The van der Waals surface area contributed by atoms with Crippen LogP contribution >= 0.6 is 11.8 Å². The molecular formula is C15H22N2S. The third-order valence-corrected chi connectivity index (χ3v) is 4.98. The van der Waals surface area contributed by atoms with E-state index in [2.05, 4.69) is 46.2 Å². The summed E-state index contributed by atoms with van der Waals surface area (Å²) >= 11 is 2.08. The van der Waals surface area contributed by atoms with E-state index in [1.807, 2.05) is 0 Å². The van der Waals surface area contributed by atoms with Crippen LogP contribution in [0.25, 0.3) is 0 Å². The van der Waals surface area contributed by atoms with Crippen LogP contribution in [-0.2, 0) is 0 Å². The summed E-state index contributed by atoms with van der Waals surface area (Å²) in [7, 11) is 0. The van der Waals surface area contributed by atoms with Gasteiger partial charge < -0.3 is 10.2 Å². The van der Waals surface area contributed by atoms with Gasteiger partial charge in [-0.05, 0) is 61.5 Å². The summed E-state index contributed by atoms with van der Waals surface area (Å²) in [6.45, 7) is 2.46. The van der Waals surface area contributed by atoms with Crippen molar-refractivity contribution in [3.63, 3.8) is 0 Å². The molecule has 98 valence electrons. The van der Waals surface area contributed by atoms with E-state index in [0.717, 1.165) is 0 Å². The van der Waals surface area contributed by atoms with Gasteiger partial charge in [0, 0.05) is 30.5 Å². The number of benzene rings is 1. The van der Waals surface area contributed by atoms with E-state index in [4.69, 9.17) is 0 Å². The Morgan fingerprint density at radius 2 is 1.67 bits per heavy atom. The normalized spacial score (nSPS) is 21.2. The maximum atomic E-state index is 3.67. The van der Waals surface area contributed by atoms with Crippen LogP contribution in [0.15, 0.2) is 24.3 Å². The highest BCUT2D eigenvalue weighted by molar-refractivity contribution is 7.99. The van der Waals surface area contributed by atoms with E-state index >= 15 is 0 Å². The van der Waals surface area contributed by atoms with Crippen LogP contribution in [0.3, 0.4) is 0 Å². The predicted octanol–water partition coefficient (Wildman–Crippen LogP) is 3.59. The van der Waals surface area contributed by atoms with Crippen LogP contribution in [0.2, 0.25) is 0 Å². The van der Waals surface area contributed by atoms with Crippen molar-refractivity contribution in [1.29, 1.82) is 0 Å². The van der Waals surface area contributed by atoms with Crippen molar-refractivity contribution >= 4 is 23.1 Å². The number of anilines is 2. The largest absolute Gasteiger partial charge is 0.382 e. The zero-order valence-corrected chi connectivity index (χ0v) is 11.7. The van der Waals surface area contributed by atoms with Crippen LogP contribution in [0, 0.1) is 0 Å². The molecule has 0 unspecified atom stereocenters.